The van der Waals surface area contributed by atoms with E-state index in [1.807, 2.05) is 30.3 Å². The third kappa shape index (κ3) is 2.03. The highest BCUT2D eigenvalue weighted by Crippen LogP contribution is 2.35. The number of carbonyl (C=O) groups excluding carboxylic acids is 1. The highest BCUT2D eigenvalue weighted by molar-refractivity contribution is 7.10. The molecule has 6 heteroatoms. The van der Waals surface area contributed by atoms with E-state index in [2.05, 4.69) is 26.5 Å². The van der Waals surface area contributed by atoms with Gasteiger partial charge >= 0.3 is 0 Å². The van der Waals surface area contributed by atoms with Crippen LogP contribution in [0.25, 0.3) is 17.0 Å². The van der Waals surface area contributed by atoms with Crippen molar-refractivity contribution in [1.82, 2.24) is 19.7 Å². The molecule has 1 N–H and O–H groups in total. The van der Waals surface area contributed by atoms with Gasteiger partial charge in [0.1, 0.15) is 0 Å². The molecule has 118 valence electrons. The first-order valence-corrected chi connectivity index (χ1v) is 8.76. The van der Waals surface area contributed by atoms with Crippen molar-refractivity contribution in [3.63, 3.8) is 0 Å². The fourth-order valence-electron chi connectivity index (χ4n) is 3.39. The number of para-hydroxylation sites is 2. The normalized spacial score (nSPS) is 17.3. The predicted octanol–water partition coefficient (Wildman–Crippen LogP) is 3.72. The summed E-state index contributed by atoms with van der Waals surface area (Å²) in [4.78, 5) is 21.7. The largest absolute Gasteiger partial charge is 0.322 e. The van der Waals surface area contributed by atoms with Crippen LogP contribution in [0.4, 0.5) is 0 Å². The molecule has 0 amide bonds. The standard InChI is InChI=1S/C18H14N4OS/c23-16-9-11(17-6-3-7-24-17)8-15-12(16)10-19-22(15)18-20-13-4-1-2-5-14(13)21-18/h1-7,10-11H,8-9H2,(H,20,21)/t11-/m0/s1. The van der Waals surface area contributed by atoms with Gasteiger partial charge in [0, 0.05) is 17.2 Å². The Morgan fingerprint density at radius 2 is 2.08 bits per heavy atom. The zero-order valence-corrected chi connectivity index (χ0v) is 13.6. The molecule has 4 aromatic rings. The topological polar surface area (TPSA) is 63.6 Å². The van der Waals surface area contributed by atoms with Gasteiger partial charge in [-0.15, -0.1) is 11.3 Å². The number of fused-ring (bicyclic) bond motifs is 2. The van der Waals surface area contributed by atoms with E-state index in [1.54, 1.807) is 22.2 Å². The van der Waals surface area contributed by atoms with E-state index in [-0.39, 0.29) is 11.7 Å². The Hall–Kier alpha value is -2.73. The summed E-state index contributed by atoms with van der Waals surface area (Å²) in [5.74, 6) is 1.05. The van der Waals surface area contributed by atoms with Crippen molar-refractivity contribution in [2.24, 2.45) is 0 Å². The molecule has 1 atom stereocenters. The van der Waals surface area contributed by atoms with Crippen molar-refractivity contribution < 1.29 is 4.79 Å². The minimum Gasteiger partial charge on any atom is -0.322 e. The fourth-order valence-corrected chi connectivity index (χ4v) is 4.22. The highest BCUT2D eigenvalue weighted by Gasteiger charge is 2.31. The molecule has 1 aliphatic carbocycles. The summed E-state index contributed by atoms with van der Waals surface area (Å²) in [5, 5.41) is 6.50. The van der Waals surface area contributed by atoms with Gasteiger partial charge < -0.3 is 4.98 Å². The van der Waals surface area contributed by atoms with Crippen LogP contribution in [0, 0.1) is 0 Å². The summed E-state index contributed by atoms with van der Waals surface area (Å²) < 4.78 is 1.78. The van der Waals surface area contributed by atoms with Gasteiger partial charge in [-0.05, 0) is 30.0 Å². The lowest BCUT2D eigenvalue weighted by atomic mass is 9.86. The Morgan fingerprint density at radius 3 is 2.92 bits per heavy atom. The molecule has 3 aromatic heterocycles. The number of nitrogens with zero attached hydrogens (tertiary/aromatic N) is 3. The van der Waals surface area contributed by atoms with Gasteiger partial charge in [0.15, 0.2) is 5.78 Å². The van der Waals surface area contributed by atoms with Gasteiger partial charge in [0.25, 0.3) is 0 Å². The Labute approximate surface area is 142 Å². The summed E-state index contributed by atoms with van der Waals surface area (Å²) in [7, 11) is 0. The molecular weight excluding hydrogens is 320 g/mol. The summed E-state index contributed by atoms with van der Waals surface area (Å²) in [6, 6.07) is 12.0. The number of carbonyl (C=O) groups is 1. The molecular formula is C18H14N4OS. The summed E-state index contributed by atoms with van der Waals surface area (Å²) in [5.41, 5.74) is 3.54. The third-order valence-corrected chi connectivity index (χ3v) is 5.60. The zero-order chi connectivity index (χ0) is 16.1. The number of thiophene rings is 1. The number of rotatable bonds is 2. The van der Waals surface area contributed by atoms with Crippen molar-refractivity contribution in [2.45, 2.75) is 18.8 Å². The lowest BCUT2D eigenvalue weighted by molar-refractivity contribution is 0.0964. The van der Waals surface area contributed by atoms with Crippen LogP contribution >= 0.6 is 11.3 Å². The number of aromatic nitrogens is 4. The average molecular weight is 334 g/mol. The number of aromatic amines is 1. The number of benzene rings is 1. The molecule has 24 heavy (non-hydrogen) atoms. The van der Waals surface area contributed by atoms with E-state index < -0.39 is 0 Å². The third-order valence-electron chi connectivity index (χ3n) is 4.56. The minimum atomic E-state index is 0.164. The van der Waals surface area contributed by atoms with Crippen molar-refractivity contribution in [3.8, 4) is 5.95 Å². The lowest BCUT2D eigenvalue weighted by Gasteiger charge is -2.20. The Bertz CT molecular complexity index is 1010. The van der Waals surface area contributed by atoms with E-state index in [0.29, 0.717) is 12.4 Å². The van der Waals surface area contributed by atoms with E-state index >= 15 is 0 Å². The number of ketones is 1. The van der Waals surface area contributed by atoms with Gasteiger partial charge in [0.05, 0.1) is 28.5 Å². The number of H-pyrrole nitrogens is 1. The van der Waals surface area contributed by atoms with Crippen LogP contribution < -0.4 is 0 Å². The molecule has 3 heterocycles. The van der Waals surface area contributed by atoms with E-state index in [1.165, 1.54) is 4.88 Å². The molecule has 0 saturated carbocycles. The molecule has 5 nitrogen and oxygen atoms in total. The van der Waals surface area contributed by atoms with E-state index in [0.717, 1.165) is 28.7 Å². The maximum atomic E-state index is 12.5. The van der Waals surface area contributed by atoms with Crippen LogP contribution in [0.5, 0.6) is 0 Å². The van der Waals surface area contributed by atoms with Crippen LogP contribution in [0.2, 0.25) is 0 Å². The fraction of sp³-hybridized carbons (Fsp3) is 0.167. The van der Waals surface area contributed by atoms with Gasteiger partial charge in [-0.1, -0.05) is 18.2 Å². The number of hydrogen-bond donors (Lipinski definition) is 1. The average Bonchev–Trinajstić information content (AvgIpc) is 3.32. The second-order valence-corrected chi connectivity index (χ2v) is 7.02. The first-order valence-electron chi connectivity index (χ1n) is 7.88. The van der Waals surface area contributed by atoms with Gasteiger partial charge in [0.2, 0.25) is 5.95 Å². The minimum absolute atomic E-state index is 0.164. The van der Waals surface area contributed by atoms with Gasteiger partial charge in [-0.2, -0.15) is 5.10 Å². The number of imidazole rings is 1. The second-order valence-electron chi connectivity index (χ2n) is 6.04. The van der Waals surface area contributed by atoms with Gasteiger partial charge in [-0.3, -0.25) is 4.79 Å². The maximum absolute atomic E-state index is 12.5. The van der Waals surface area contributed by atoms with Crippen LogP contribution in [-0.4, -0.2) is 25.5 Å². The van der Waals surface area contributed by atoms with Crippen LogP contribution in [0.15, 0.2) is 48.0 Å². The quantitative estimate of drug-likeness (QED) is 0.607. The SMILES string of the molecule is O=C1C[C@@H](c2cccs2)Cc2c1cnn2-c1nc2ccccc2[nH]1. The monoisotopic (exact) mass is 334 g/mol. The van der Waals surface area contributed by atoms with Crippen molar-refractivity contribution in [1.29, 1.82) is 0 Å². The molecule has 0 spiro atoms. The first kappa shape index (κ1) is 13.7. The summed E-state index contributed by atoms with van der Waals surface area (Å²) in [6.45, 7) is 0. The maximum Gasteiger partial charge on any atom is 0.229 e. The van der Waals surface area contributed by atoms with Crippen molar-refractivity contribution in [2.75, 3.05) is 0 Å². The Balaban J connectivity index is 1.61. The number of hydrogen-bond acceptors (Lipinski definition) is 4. The molecule has 0 fully saturated rings. The second kappa shape index (κ2) is 5.14. The molecule has 0 bridgehead atoms. The summed E-state index contributed by atoms with van der Waals surface area (Å²) >= 11 is 1.71. The van der Waals surface area contributed by atoms with Crippen LogP contribution in [-0.2, 0) is 6.42 Å². The molecule has 0 aliphatic heterocycles. The van der Waals surface area contributed by atoms with Crippen LogP contribution in [0.3, 0.4) is 0 Å². The smallest absolute Gasteiger partial charge is 0.229 e. The first-order chi connectivity index (χ1) is 11.8. The molecule has 0 saturated heterocycles. The highest BCUT2D eigenvalue weighted by atomic mass is 32.1. The zero-order valence-electron chi connectivity index (χ0n) is 12.8. The summed E-state index contributed by atoms with van der Waals surface area (Å²) in [6.07, 6.45) is 3.04. The van der Waals surface area contributed by atoms with Crippen molar-refractivity contribution >= 4 is 28.2 Å². The Kier molecular flexibility index (Phi) is 2.93. The lowest BCUT2D eigenvalue weighted by Crippen LogP contribution is -2.20. The number of Topliss-reactive ketones (excluding diaryl/α,β-unsaturated/α-hetero) is 1. The molecule has 5 rings (SSSR count). The van der Waals surface area contributed by atoms with Crippen LogP contribution in [0.1, 0.15) is 33.3 Å². The molecule has 0 unspecified atom stereocenters. The number of nitrogens with one attached hydrogen (secondary N) is 1. The molecule has 1 aliphatic rings. The Morgan fingerprint density at radius 1 is 1.17 bits per heavy atom. The molecule has 1 aromatic carbocycles. The van der Waals surface area contributed by atoms with Gasteiger partial charge in [-0.25, -0.2) is 9.67 Å². The van der Waals surface area contributed by atoms with E-state index in [4.69, 9.17) is 0 Å². The van der Waals surface area contributed by atoms with E-state index in [9.17, 15) is 4.79 Å². The molecule has 0 radical (unpaired) electrons. The van der Waals surface area contributed by atoms with Crippen molar-refractivity contribution in [3.05, 3.63) is 64.1 Å². The predicted molar refractivity (Wildman–Crippen MR) is 92.9 cm³/mol.